The number of fused-ring (bicyclic) bond motifs is 3. The first-order valence-corrected chi connectivity index (χ1v) is 4.70. The van der Waals surface area contributed by atoms with Crippen LogP contribution in [0.5, 0.6) is 0 Å². The Kier molecular flexibility index (Phi) is 1.48. The molecular weight excluding hydrogens is 190 g/mol. The van der Waals surface area contributed by atoms with Gasteiger partial charge < -0.3 is 4.57 Å². The van der Waals surface area contributed by atoms with E-state index in [1.165, 1.54) is 0 Å². The van der Waals surface area contributed by atoms with E-state index in [9.17, 15) is 4.79 Å². The summed E-state index contributed by atoms with van der Waals surface area (Å²) in [6.45, 7) is 0. The Morgan fingerprint density at radius 1 is 1.33 bits per heavy atom. The minimum atomic E-state index is -0.133. The molecule has 0 bridgehead atoms. The second-order valence-corrected chi connectivity index (χ2v) is 3.57. The molecule has 0 aliphatic carbocycles. The van der Waals surface area contributed by atoms with Crippen molar-refractivity contribution >= 4 is 10.9 Å². The fraction of sp³-hybridized carbons (Fsp3) is 0.0909. The number of aromatic nitrogens is 3. The first-order valence-electron chi connectivity index (χ1n) is 4.70. The van der Waals surface area contributed by atoms with Gasteiger partial charge in [-0.3, -0.25) is 4.79 Å². The highest BCUT2D eigenvalue weighted by Gasteiger charge is 2.14. The molecule has 0 fully saturated rings. The maximum absolute atomic E-state index is 11.4. The molecule has 0 unspecified atom stereocenters. The fourth-order valence-electron chi connectivity index (χ4n) is 1.90. The van der Waals surface area contributed by atoms with Crippen molar-refractivity contribution in [2.75, 3.05) is 0 Å². The van der Waals surface area contributed by atoms with Crippen LogP contribution >= 0.6 is 0 Å². The summed E-state index contributed by atoms with van der Waals surface area (Å²) in [5, 5.41) is 7.51. The number of hydrogen-bond acceptors (Lipinski definition) is 2. The number of pyridine rings is 1. The molecule has 2 aliphatic heterocycles. The summed E-state index contributed by atoms with van der Waals surface area (Å²) in [5.41, 5.74) is 2.31. The third kappa shape index (κ3) is 1.01. The molecule has 2 aliphatic rings. The Labute approximate surface area is 85.5 Å². The first-order chi connectivity index (χ1) is 7.27. The summed E-state index contributed by atoms with van der Waals surface area (Å²) in [7, 11) is 1.92. The zero-order chi connectivity index (χ0) is 10.4. The minimum Gasteiger partial charge on any atom is -0.350 e. The highest BCUT2D eigenvalue weighted by atomic mass is 16.1. The molecule has 1 N–H and O–H groups in total. The van der Waals surface area contributed by atoms with Crippen LogP contribution in [0.2, 0.25) is 0 Å². The molecule has 0 saturated heterocycles. The largest absolute Gasteiger partial charge is 0.350 e. The van der Waals surface area contributed by atoms with Crippen molar-refractivity contribution in [3.8, 4) is 11.3 Å². The molecular formula is C11H9N3O. The van der Waals surface area contributed by atoms with Gasteiger partial charge in [0.25, 0.3) is 5.56 Å². The number of nitrogens with zero attached hydrogens (tertiary/aromatic N) is 2. The number of aryl methyl sites for hydroxylation is 1. The van der Waals surface area contributed by atoms with E-state index in [0.717, 1.165) is 16.6 Å². The molecule has 74 valence electrons. The lowest BCUT2D eigenvalue weighted by molar-refractivity contribution is 0.953. The van der Waals surface area contributed by atoms with E-state index in [2.05, 4.69) is 10.2 Å². The lowest BCUT2D eigenvalue weighted by Crippen LogP contribution is -2.03. The van der Waals surface area contributed by atoms with E-state index in [1.807, 2.05) is 42.1 Å². The van der Waals surface area contributed by atoms with Gasteiger partial charge >= 0.3 is 0 Å². The summed E-state index contributed by atoms with van der Waals surface area (Å²) in [5.74, 6) is 0. The van der Waals surface area contributed by atoms with Gasteiger partial charge in [-0.05, 0) is 6.07 Å². The molecule has 0 radical (unpaired) electrons. The average molecular weight is 199 g/mol. The van der Waals surface area contributed by atoms with Crippen LogP contribution in [-0.2, 0) is 7.05 Å². The fourth-order valence-corrected chi connectivity index (χ4v) is 1.90. The van der Waals surface area contributed by atoms with Gasteiger partial charge in [0.1, 0.15) is 5.69 Å². The molecule has 1 aromatic carbocycles. The maximum Gasteiger partial charge on any atom is 0.275 e. The van der Waals surface area contributed by atoms with Crippen LogP contribution in [-0.4, -0.2) is 14.8 Å². The van der Waals surface area contributed by atoms with Crippen molar-refractivity contribution in [3.05, 3.63) is 40.8 Å². The number of hydrogen-bond donors (Lipinski definition) is 1. The van der Waals surface area contributed by atoms with E-state index in [4.69, 9.17) is 0 Å². The second-order valence-electron chi connectivity index (χ2n) is 3.57. The predicted molar refractivity (Wildman–Crippen MR) is 58.0 cm³/mol. The monoisotopic (exact) mass is 199 g/mol. The van der Waals surface area contributed by atoms with Crippen LogP contribution in [0.25, 0.3) is 22.2 Å². The quantitative estimate of drug-likeness (QED) is 0.594. The third-order valence-electron chi connectivity index (χ3n) is 2.63. The van der Waals surface area contributed by atoms with Gasteiger partial charge in [0, 0.05) is 24.1 Å². The Morgan fingerprint density at radius 2 is 2.13 bits per heavy atom. The van der Waals surface area contributed by atoms with Crippen LogP contribution in [0.3, 0.4) is 0 Å². The molecule has 3 rings (SSSR count). The van der Waals surface area contributed by atoms with Crippen molar-refractivity contribution < 1.29 is 0 Å². The Bertz CT molecular complexity index is 665. The number of para-hydroxylation sites is 1. The standard InChI is InChI=1S/C11H9N3O/c1-14-6-8-10(12-13-11(8)15)7-4-2-3-5-9(7)14/h2-6H,1H3,(H,13,15). The number of benzene rings is 1. The predicted octanol–water partition coefficient (Wildman–Crippen LogP) is 1.37. The van der Waals surface area contributed by atoms with Crippen molar-refractivity contribution in [2.45, 2.75) is 0 Å². The Morgan fingerprint density at radius 3 is 3.00 bits per heavy atom. The van der Waals surface area contributed by atoms with Crippen LogP contribution in [0, 0.1) is 0 Å². The van der Waals surface area contributed by atoms with E-state index in [0.29, 0.717) is 5.56 Å². The molecule has 2 heterocycles. The van der Waals surface area contributed by atoms with Gasteiger partial charge in [-0.15, -0.1) is 0 Å². The normalized spacial score (nSPS) is 11.3. The molecule has 0 spiro atoms. The number of nitrogens with one attached hydrogen (secondary N) is 1. The molecule has 0 saturated carbocycles. The molecule has 4 heteroatoms. The van der Waals surface area contributed by atoms with Gasteiger partial charge in [0.2, 0.25) is 0 Å². The molecule has 0 amide bonds. The molecule has 15 heavy (non-hydrogen) atoms. The summed E-state index contributed by atoms with van der Waals surface area (Å²) < 4.78 is 1.94. The highest BCUT2D eigenvalue weighted by Crippen LogP contribution is 2.25. The molecule has 0 atom stereocenters. The highest BCUT2D eigenvalue weighted by molar-refractivity contribution is 5.93. The van der Waals surface area contributed by atoms with E-state index in [1.54, 1.807) is 0 Å². The Balaban J connectivity index is 2.63. The average Bonchev–Trinajstić information content (AvgIpc) is 2.62. The van der Waals surface area contributed by atoms with E-state index in [-0.39, 0.29) is 5.56 Å². The number of H-pyrrole nitrogens is 1. The second kappa shape index (κ2) is 2.70. The van der Waals surface area contributed by atoms with Crippen molar-refractivity contribution in [1.82, 2.24) is 14.8 Å². The lowest BCUT2D eigenvalue weighted by atomic mass is 10.1. The van der Waals surface area contributed by atoms with Crippen molar-refractivity contribution in [1.29, 1.82) is 0 Å². The first kappa shape index (κ1) is 8.23. The van der Waals surface area contributed by atoms with E-state index < -0.39 is 0 Å². The van der Waals surface area contributed by atoms with E-state index >= 15 is 0 Å². The number of aromatic amines is 1. The summed E-state index contributed by atoms with van der Waals surface area (Å²) >= 11 is 0. The van der Waals surface area contributed by atoms with Gasteiger partial charge in [-0.25, -0.2) is 5.10 Å². The Hall–Kier alpha value is -2.10. The topological polar surface area (TPSA) is 50.7 Å². The zero-order valence-corrected chi connectivity index (χ0v) is 8.19. The lowest BCUT2D eigenvalue weighted by Gasteiger charge is -2.08. The SMILES string of the molecule is Cn1cc2c(=O)[nH]nc-2c2ccccc21. The van der Waals surface area contributed by atoms with Crippen LogP contribution < -0.4 is 5.56 Å². The summed E-state index contributed by atoms with van der Waals surface area (Å²) in [6, 6.07) is 7.89. The van der Waals surface area contributed by atoms with Crippen LogP contribution in [0.1, 0.15) is 0 Å². The van der Waals surface area contributed by atoms with Crippen LogP contribution in [0.4, 0.5) is 0 Å². The van der Waals surface area contributed by atoms with Crippen molar-refractivity contribution in [3.63, 3.8) is 0 Å². The number of rotatable bonds is 0. The van der Waals surface area contributed by atoms with Gasteiger partial charge in [-0.2, -0.15) is 5.10 Å². The molecule has 1 aromatic rings. The zero-order valence-electron chi connectivity index (χ0n) is 8.19. The minimum absolute atomic E-state index is 0.133. The summed E-state index contributed by atoms with van der Waals surface area (Å²) in [4.78, 5) is 11.4. The third-order valence-corrected chi connectivity index (χ3v) is 2.63. The smallest absolute Gasteiger partial charge is 0.275 e. The molecule has 0 aromatic heterocycles. The van der Waals surface area contributed by atoms with Gasteiger partial charge in [-0.1, -0.05) is 18.2 Å². The molecule has 4 nitrogen and oxygen atoms in total. The maximum atomic E-state index is 11.4. The van der Waals surface area contributed by atoms with Gasteiger partial charge in [0.05, 0.1) is 5.56 Å². The van der Waals surface area contributed by atoms with Crippen LogP contribution in [0.15, 0.2) is 35.3 Å². The summed E-state index contributed by atoms with van der Waals surface area (Å²) in [6.07, 6.45) is 1.81. The van der Waals surface area contributed by atoms with Gasteiger partial charge in [0.15, 0.2) is 0 Å². The van der Waals surface area contributed by atoms with Crippen molar-refractivity contribution in [2.24, 2.45) is 7.05 Å².